The molecule has 8 rings (SSSR count). The highest BCUT2D eigenvalue weighted by atomic mass is 35.5. The summed E-state index contributed by atoms with van der Waals surface area (Å²) in [5.41, 5.74) is 4.51. The maximum absolute atomic E-state index is 14.4. The Morgan fingerprint density at radius 2 is 0.821 bits per heavy atom. The van der Waals surface area contributed by atoms with Gasteiger partial charge < -0.3 is 52.0 Å². The summed E-state index contributed by atoms with van der Waals surface area (Å²) in [4.78, 5) is 83.6. The van der Waals surface area contributed by atoms with Crippen molar-refractivity contribution in [3.8, 4) is 11.5 Å². The topological polar surface area (TPSA) is 217 Å². The number of hydrogen-bond donors (Lipinski definition) is 8. The number of ether oxygens (including phenoxy) is 2. The minimum Gasteiger partial charge on any atom is -0.496 e. The molecule has 6 aromatic carbocycles. The fraction of sp³-hybridized carbons (Fsp3) is 0.367. The predicted octanol–water partition coefficient (Wildman–Crippen LogP) is 7.10. The molecule has 0 saturated heterocycles. The second-order valence-corrected chi connectivity index (χ2v) is 19.9. The van der Waals surface area contributed by atoms with E-state index < -0.39 is 48.3 Å². The first-order valence-corrected chi connectivity index (χ1v) is 26.3. The fourth-order valence-corrected chi connectivity index (χ4v) is 10.4. The van der Waals surface area contributed by atoms with Crippen molar-refractivity contribution in [2.45, 2.75) is 114 Å². The number of likely N-dealkylation sites (N-methyl/N-ethyl adjacent to an activating group) is 2. The molecule has 414 valence electrons. The molecular weight excluding hydrogens is 1030 g/mol. The Balaban J connectivity index is 0.00000492. The van der Waals surface area contributed by atoms with Crippen molar-refractivity contribution >= 4 is 81.8 Å². The van der Waals surface area contributed by atoms with Crippen molar-refractivity contribution in [1.82, 2.24) is 42.5 Å². The summed E-state index contributed by atoms with van der Waals surface area (Å²) in [6.07, 6.45) is 4.08. The second-order valence-electron chi connectivity index (χ2n) is 19.9. The fourth-order valence-electron chi connectivity index (χ4n) is 10.4. The first-order chi connectivity index (χ1) is 36.8. The molecule has 8 atom stereocenters. The van der Waals surface area contributed by atoms with Crippen molar-refractivity contribution in [2.24, 2.45) is 0 Å². The second kappa shape index (κ2) is 27.9. The van der Waals surface area contributed by atoms with Gasteiger partial charge in [-0.05, 0) is 122 Å². The van der Waals surface area contributed by atoms with Gasteiger partial charge in [0.1, 0.15) is 23.6 Å². The molecule has 0 heterocycles. The molecule has 78 heavy (non-hydrogen) atoms. The van der Waals surface area contributed by atoms with Gasteiger partial charge in [0.15, 0.2) is 0 Å². The Morgan fingerprint density at radius 3 is 1.18 bits per heavy atom. The van der Waals surface area contributed by atoms with Gasteiger partial charge in [-0.25, -0.2) is 0 Å². The number of halogens is 2. The van der Waals surface area contributed by atoms with E-state index in [1.54, 1.807) is 27.9 Å². The number of unbranched alkanes of at least 4 members (excludes halogenated alkanes) is 3. The zero-order valence-corrected chi connectivity index (χ0v) is 46.5. The molecule has 0 saturated carbocycles. The highest BCUT2D eigenvalue weighted by Gasteiger charge is 2.39. The normalized spacial score (nSPS) is 17.6. The third kappa shape index (κ3) is 14.1. The SMILES string of the molecule is CN[C@@H](C)C(=O)N[C@@H](CCCCCC[C@H](NC(=O)[C@H](C)NC)C(=O)N[C@H]1c2ccccc2C[C@@H]1NC(=O)c1cc2ccccc2cc1OC)C(=O)N[C@H]1c2ccccc2C[C@@H]1NC(=O)c1cc2ccccc2cc1OC.Cl.Cl. The van der Waals surface area contributed by atoms with Crippen LogP contribution in [-0.2, 0) is 32.0 Å². The molecule has 6 amide bonds. The number of rotatable bonds is 23. The van der Waals surface area contributed by atoms with Gasteiger partial charge in [-0.2, -0.15) is 0 Å². The highest BCUT2D eigenvalue weighted by molar-refractivity contribution is 6.03. The van der Waals surface area contributed by atoms with Crippen LogP contribution in [0.15, 0.2) is 121 Å². The van der Waals surface area contributed by atoms with E-state index in [0.29, 0.717) is 74.0 Å². The average Bonchev–Trinajstić information content (AvgIpc) is 4.00. The van der Waals surface area contributed by atoms with Crippen molar-refractivity contribution < 1.29 is 38.2 Å². The Morgan fingerprint density at radius 1 is 0.474 bits per heavy atom. The lowest BCUT2D eigenvalue weighted by Gasteiger charge is -2.27. The molecule has 18 heteroatoms. The zero-order chi connectivity index (χ0) is 53.9. The third-order valence-electron chi connectivity index (χ3n) is 15.0. The summed E-state index contributed by atoms with van der Waals surface area (Å²) in [6.45, 7) is 3.44. The van der Waals surface area contributed by atoms with Gasteiger partial charge in [0.25, 0.3) is 11.8 Å². The standard InChI is InChI=1S/C60H70N8O8.2ClH/c1-35(61-3)55(69)63-47(59(73)67-53-43-25-17-15-23-41(43)31-49(53)65-57(71)45-29-37-19-11-13-21-39(37)33-51(45)75-5)27-9-7-8-10-28-48(64-56(70)36(2)62-4)60(74)68-54-44-26-18-16-24-42(44)32-50(54)66-58(72)46-30-38-20-12-14-22-40(38)34-52(46)76-6;;/h11-26,29-30,33-36,47-50,53-54,61-62H,7-10,27-28,31-32H2,1-6H3,(H,63,69)(H,64,70)(H,65,71)(H,66,72)(H,67,73)(H,68,74);2*1H/t35-,36-,47-,48-,49-,50-,53-,54-;;/m0../s1. The molecule has 6 aromatic rings. The number of carbonyl (C=O) groups is 6. The molecular formula is C60H72Cl2N8O8. The maximum atomic E-state index is 14.4. The van der Waals surface area contributed by atoms with Gasteiger partial charge in [0.2, 0.25) is 23.6 Å². The third-order valence-corrected chi connectivity index (χ3v) is 15.0. The summed E-state index contributed by atoms with van der Waals surface area (Å²) >= 11 is 0. The first-order valence-electron chi connectivity index (χ1n) is 26.3. The summed E-state index contributed by atoms with van der Waals surface area (Å²) < 4.78 is 11.3. The van der Waals surface area contributed by atoms with E-state index in [-0.39, 0.29) is 60.3 Å². The quantitative estimate of drug-likeness (QED) is 0.0305. The van der Waals surface area contributed by atoms with Gasteiger partial charge in [-0.3, -0.25) is 28.8 Å². The van der Waals surface area contributed by atoms with Crippen LogP contribution in [-0.4, -0.2) is 100 Å². The van der Waals surface area contributed by atoms with Crippen LogP contribution in [0.25, 0.3) is 21.5 Å². The van der Waals surface area contributed by atoms with Crippen molar-refractivity contribution in [3.63, 3.8) is 0 Å². The number of methoxy groups -OCH3 is 2. The van der Waals surface area contributed by atoms with E-state index in [0.717, 1.165) is 43.8 Å². The van der Waals surface area contributed by atoms with Crippen LogP contribution in [0.3, 0.4) is 0 Å². The number of benzene rings is 6. The Labute approximate surface area is 468 Å². The largest absolute Gasteiger partial charge is 0.496 e. The predicted molar refractivity (Wildman–Crippen MR) is 309 cm³/mol. The smallest absolute Gasteiger partial charge is 0.255 e. The molecule has 2 aliphatic rings. The molecule has 16 nitrogen and oxygen atoms in total. The lowest BCUT2D eigenvalue weighted by Crippen LogP contribution is -2.53. The molecule has 2 aliphatic carbocycles. The van der Waals surface area contributed by atoms with E-state index in [2.05, 4.69) is 42.5 Å². The van der Waals surface area contributed by atoms with Crippen LogP contribution in [0.4, 0.5) is 0 Å². The van der Waals surface area contributed by atoms with E-state index in [1.165, 1.54) is 14.2 Å². The molecule has 0 spiro atoms. The van der Waals surface area contributed by atoms with Crippen molar-refractivity contribution in [3.05, 3.63) is 155 Å². The van der Waals surface area contributed by atoms with Crippen molar-refractivity contribution in [1.29, 1.82) is 0 Å². The minimum atomic E-state index is -0.890. The summed E-state index contributed by atoms with van der Waals surface area (Å²) in [5.74, 6) is -1.21. The minimum absolute atomic E-state index is 0. The molecule has 0 radical (unpaired) electrons. The summed E-state index contributed by atoms with van der Waals surface area (Å²) in [6, 6.07) is 33.3. The van der Waals surface area contributed by atoms with Gasteiger partial charge in [0, 0.05) is 0 Å². The Hall–Kier alpha value is -7.24. The number of amides is 6. The molecule has 0 bridgehead atoms. The maximum Gasteiger partial charge on any atom is 0.255 e. The number of nitrogens with one attached hydrogen (secondary N) is 8. The van der Waals surface area contributed by atoms with E-state index >= 15 is 0 Å². The number of fused-ring (bicyclic) bond motifs is 4. The zero-order valence-electron chi connectivity index (χ0n) is 44.9. The van der Waals surface area contributed by atoms with E-state index in [9.17, 15) is 28.8 Å². The lowest BCUT2D eigenvalue weighted by atomic mass is 10.0. The Kier molecular flexibility index (Phi) is 21.4. The van der Waals surface area contributed by atoms with Gasteiger partial charge in [-0.1, -0.05) is 123 Å². The van der Waals surface area contributed by atoms with Crippen LogP contribution in [0.1, 0.15) is 107 Å². The molecule has 0 unspecified atom stereocenters. The molecule has 0 fully saturated rings. The van der Waals surface area contributed by atoms with Gasteiger partial charge in [-0.15, -0.1) is 24.8 Å². The van der Waals surface area contributed by atoms with Crippen LogP contribution >= 0.6 is 24.8 Å². The lowest BCUT2D eigenvalue weighted by molar-refractivity contribution is -0.130. The number of hydrogen-bond acceptors (Lipinski definition) is 10. The van der Waals surface area contributed by atoms with Gasteiger partial charge >= 0.3 is 0 Å². The molecule has 0 aliphatic heterocycles. The first kappa shape index (κ1) is 60.0. The van der Waals surface area contributed by atoms with Crippen molar-refractivity contribution in [2.75, 3.05) is 28.3 Å². The molecule has 8 N–H and O–H groups in total. The van der Waals surface area contributed by atoms with Crippen LogP contribution in [0.5, 0.6) is 11.5 Å². The van der Waals surface area contributed by atoms with Crippen LogP contribution in [0.2, 0.25) is 0 Å². The number of carbonyl (C=O) groups excluding carboxylic acids is 6. The monoisotopic (exact) mass is 1100 g/mol. The van der Waals surface area contributed by atoms with Gasteiger partial charge in [0.05, 0.1) is 61.6 Å². The average molecular weight is 1100 g/mol. The Bertz CT molecular complexity index is 2900. The summed E-state index contributed by atoms with van der Waals surface area (Å²) in [5, 5.41) is 28.3. The van der Waals surface area contributed by atoms with E-state index in [4.69, 9.17) is 9.47 Å². The van der Waals surface area contributed by atoms with Crippen LogP contribution in [0, 0.1) is 0 Å². The molecule has 0 aromatic heterocycles. The summed E-state index contributed by atoms with van der Waals surface area (Å²) in [7, 11) is 6.41. The van der Waals surface area contributed by atoms with Crippen LogP contribution < -0.4 is 52.0 Å². The van der Waals surface area contributed by atoms with E-state index in [1.807, 2.05) is 121 Å². The highest BCUT2D eigenvalue weighted by Crippen LogP contribution is 2.35.